The largest absolute Gasteiger partial charge is 0.457 e. The highest BCUT2D eigenvalue weighted by Gasteiger charge is 2.32. The number of hydrogen-bond acceptors (Lipinski definition) is 6. The number of aryl methyl sites for hydroxylation is 1. The summed E-state index contributed by atoms with van der Waals surface area (Å²) in [4.78, 5) is 23.0. The van der Waals surface area contributed by atoms with E-state index in [1.54, 1.807) is 46.8 Å². The molecule has 1 saturated heterocycles. The average molecular weight is 399 g/mol. The summed E-state index contributed by atoms with van der Waals surface area (Å²) in [5.41, 5.74) is 1.53. The quantitative estimate of drug-likeness (QED) is 0.652. The number of amides is 1. The Morgan fingerprint density at radius 1 is 1.39 bits per heavy atom. The van der Waals surface area contributed by atoms with Gasteiger partial charge in [0.2, 0.25) is 5.91 Å². The second kappa shape index (κ2) is 8.04. The SMILES string of the molecule is Cc1nc(CN2C(=O)COCC2c2cnccc2Oc2cccc(F)c2)cs1. The van der Waals surface area contributed by atoms with Gasteiger partial charge >= 0.3 is 0 Å². The Morgan fingerprint density at radius 3 is 3.07 bits per heavy atom. The van der Waals surface area contributed by atoms with Gasteiger partial charge in [-0.1, -0.05) is 6.07 Å². The van der Waals surface area contributed by atoms with Gasteiger partial charge in [0.1, 0.15) is 23.9 Å². The molecule has 3 aromatic rings. The van der Waals surface area contributed by atoms with Crippen LogP contribution in [0.3, 0.4) is 0 Å². The van der Waals surface area contributed by atoms with Gasteiger partial charge in [0, 0.05) is 29.4 Å². The van der Waals surface area contributed by atoms with Crippen LogP contribution in [-0.4, -0.2) is 34.0 Å². The maximum Gasteiger partial charge on any atom is 0.249 e. The van der Waals surface area contributed by atoms with Gasteiger partial charge in [0.05, 0.1) is 29.9 Å². The second-order valence-corrected chi connectivity index (χ2v) is 7.45. The Hall–Kier alpha value is -2.84. The van der Waals surface area contributed by atoms with Crippen molar-refractivity contribution in [1.29, 1.82) is 0 Å². The van der Waals surface area contributed by atoms with Gasteiger partial charge in [-0.3, -0.25) is 9.78 Å². The predicted octanol–water partition coefficient (Wildman–Crippen LogP) is 3.88. The van der Waals surface area contributed by atoms with Gasteiger partial charge in [-0.15, -0.1) is 11.3 Å². The van der Waals surface area contributed by atoms with Crippen LogP contribution in [0.4, 0.5) is 4.39 Å². The number of pyridine rings is 1. The van der Waals surface area contributed by atoms with Crippen molar-refractivity contribution in [3.05, 3.63) is 70.2 Å². The van der Waals surface area contributed by atoms with Crippen LogP contribution in [-0.2, 0) is 16.1 Å². The lowest BCUT2D eigenvalue weighted by Gasteiger charge is -2.35. The molecule has 1 aromatic carbocycles. The van der Waals surface area contributed by atoms with Crippen molar-refractivity contribution in [3.8, 4) is 11.5 Å². The molecule has 0 saturated carbocycles. The minimum absolute atomic E-state index is 0.0277. The molecule has 3 heterocycles. The number of carbonyl (C=O) groups excluding carboxylic acids is 1. The summed E-state index contributed by atoms with van der Waals surface area (Å²) in [6, 6.07) is 7.24. The minimum atomic E-state index is -0.384. The first-order chi connectivity index (χ1) is 13.6. The van der Waals surface area contributed by atoms with E-state index >= 15 is 0 Å². The molecule has 0 N–H and O–H groups in total. The van der Waals surface area contributed by atoms with Crippen LogP contribution in [0.15, 0.2) is 48.1 Å². The van der Waals surface area contributed by atoms with E-state index in [2.05, 4.69) is 9.97 Å². The van der Waals surface area contributed by atoms with Crippen molar-refractivity contribution in [2.24, 2.45) is 0 Å². The highest BCUT2D eigenvalue weighted by Crippen LogP contribution is 2.35. The Balaban J connectivity index is 1.65. The predicted molar refractivity (Wildman–Crippen MR) is 102 cm³/mol. The first-order valence-corrected chi connectivity index (χ1v) is 9.63. The number of hydrogen-bond donors (Lipinski definition) is 0. The van der Waals surface area contributed by atoms with Gasteiger partial charge in [0.25, 0.3) is 0 Å². The summed E-state index contributed by atoms with van der Waals surface area (Å²) in [6.07, 6.45) is 3.25. The van der Waals surface area contributed by atoms with Gasteiger partial charge < -0.3 is 14.4 Å². The zero-order chi connectivity index (χ0) is 19.5. The molecule has 0 spiro atoms. The Bertz CT molecular complexity index is 994. The van der Waals surface area contributed by atoms with E-state index in [0.717, 1.165) is 10.7 Å². The fourth-order valence-corrected chi connectivity index (χ4v) is 3.71. The molecule has 144 valence electrons. The molecule has 1 aliphatic heterocycles. The van der Waals surface area contributed by atoms with Crippen molar-refractivity contribution >= 4 is 17.2 Å². The van der Waals surface area contributed by atoms with E-state index in [0.29, 0.717) is 30.2 Å². The zero-order valence-electron chi connectivity index (χ0n) is 15.2. The van der Waals surface area contributed by atoms with E-state index in [1.165, 1.54) is 12.1 Å². The molecule has 1 amide bonds. The topological polar surface area (TPSA) is 64.6 Å². The van der Waals surface area contributed by atoms with Crippen LogP contribution in [0.5, 0.6) is 11.5 Å². The van der Waals surface area contributed by atoms with Crippen molar-refractivity contribution in [1.82, 2.24) is 14.9 Å². The van der Waals surface area contributed by atoms with Crippen molar-refractivity contribution < 1.29 is 18.7 Å². The molecule has 6 nitrogen and oxygen atoms in total. The second-order valence-electron chi connectivity index (χ2n) is 6.38. The summed E-state index contributed by atoms with van der Waals surface area (Å²) in [5.74, 6) is 0.368. The van der Waals surface area contributed by atoms with Gasteiger partial charge in [0.15, 0.2) is 0 Å². The Morgan fingerprint density at radius 2 is 2.29 bits per heavy atom. The molecule has 1 fully saturated rings. The molecule has 28 heavy (non-hydrogen) atoms. The fourth-order valence-electron chi connectivity index (χ4n) is 3.11. The maximum atomic E-state index is 13.5. The summed E-state index contributed by atoms with van der Waals surface area (Å²) in [7, 11) is 0. The number of rotatable bonds is 5. The molecule has 0 aliphatic carbocycles. The third kappa shape index (κ3) is 4.02. The number of benzene rings is 1. The molecule has 0 radical (unpaired) electrons. The van der Waals surface area contributed by atoms with E-state index < -0.39 is 0 Å². The van der Waals surface area contributed by atoms with Crippen molar-refractivity contribution in [2.45, 2.75) is 19.5 Å². The fraction of sp³-hybridized carbons (Fsp3) is 0.250. The zero-order valence-corrected chi connectivity index (χ0v) is 16.0. The van der Waals surface area contributed by atoms with E-state index in [4.69, 9.17) is 9.47 Å². The van der Waals surface area contributed by atoms with Gasteiger partial charge in [-0.05, 0) is 25.1 Å². The lowest BCUT2D eigenvalue weighted by molar-refractivity contribution is -0.149. The number of ether oxygens (including phenoxy) is 2. The smallest absolute Gasteiger partial charge is 0.249 e. The van der Waals surface area contributed by atoms with E-state index in [9.17, 15) is 9.18 Å². The standard InChI is InChI=1S/C20H18FN3O3S/c1-13-23-15(12-28-13)9-24-18(10-26-11-20(24)25)17-8-22-6-5-19(17)27-16-4-2-3-14(21)7-16/h2-8,12,18H,9-11H2,1H3. The first-order valence-electron chi connectivity index (χ1n) is 8.75. The van der Waals surface area contributed by atoms with Crippen molar-refractivity contribution in [3.63, 3.8) is 0 Å². The Labute approximate surface area is 165 Å². The van der Waals surface area contributed by atoms with Crippen molar-refractivity contribution in [2.75, 3.05) is 13.2 Å². The van der Waals surface area contributed by atoms with Gasteiger partial charge in [-0.2, -0.15) is 0 Å². The lowest BCUT2D eigenvalue weighted by Crippen LogP contribution is -2.43. The molecular formula is C20H18FN3O3S. The first kappa shape index (κ1) is 18.5. The number of carbonyl (C=O) groups is 1. The summed E-state index contributed by atoms with van der Waals surface area (Å²) in [5, 5.41) is 2.89. The summed E-state index contributed by atoms with van der Waals surface area (Å²) >= 11 is 1.54. The molecule has 0 bridgehead atoms. The lowest BCUT2D eigenvalue weighted by atomic mass is 10.1. The number of aromatic nitrogens is 2. The molecule has 4 rings (SSSR count). The molecule has 2 aromatic heterocycles. The number of nitrogens with zero attached hydrogens (tertiary/aromatic N) is 3. The van der Waals surface area contributed by atoms with Crippen LogP contribution >= 0.6 is 11.3 Å². The highest BCUT2D eigenvalue weighted by molar-refractivity contribution is 7.09. The summed E-state index contributed by atoms with van der Waals surface area (Å²) in [6.45, 7) is 2.66. The molecule has 8 heteroatoms. The molecule has 1 aliphatic rings. The summed E-state index contributed by atoms with van der Waals surface area (Å²) < 4.78 is 24.9. The molecular weight excluding hydrogens is 381 g/mol. The number of halogens is 1. The third-order valence-corrected chi connectivity index (χ3v) is 5.21. The highest BCUT2D eigenvalue weighted by atomic mass is 32.1. The minimum Gasteiger partial charge on any atom is -0.457 e. The van der Waals surface area contributed by atoms with E-state index in [1.807, 2.05) is 12.3 Å². The third-order valence-electron chi connectivity index (χ3n) is 4.39. The average Bonchev–Trinajstić information content (AvgIpc) is 3.09. The molecule has 1 atom stereocenters. The number of morpholine rings is 1. The van der Waals surface area contributed by atoms with Crippen LogP contribution in [0.1, 0.15) is 22.3 Å². The van der Waals surface area contributed by atoms with Crippen LogP contribution in [0.25, 0.3) is 0 Å². The van der Waals surface area contributed by atoms with Crippen LogP contribution < -0.4 is 4.74 Å². The van der Waals surface area contributed by atoms with E-state index in [-0.39, 0.29) is 24.4 Å². The maximum absolute atomic E-state index is 13.5. The molecule has 1 unspecified atom stereocenters. The van der Waals surface area contributed by atoms with Gasteiger partial charge in [-0.25, -0.2) is 9.37 Å². The van der Waals surface area contributed by atoms with Crippen LogP contribution in [0, 0.1) is 12.7 Å². The number of thiazole rings is 1. The normalized spacial score (nSPS) is 17.0. The monoisotopic (exact) mass is 399 g/mol. The Kier molecular flexibility index (Phi) is 5.31. The van der Waals surface area contributed by atoms with Crippen LogP contribution in [0.2, 0.25) is 0 Å².